The van der Waals surface area contributed by atoms with Crippen LogP contribution in [0.15, 0.2) is 24.3 Å². The Morgan fingerprint density at radius 3 is 2.11 bits per heavy atom. The number of alkyl halides is 5. The second-order valence-corrected chi connectivity index (χ2v) is 5.83. The van der Waals surface area contributed by atoms with Gasteiger partial charge in [-0.2, -0.15) is 31.5 Å². The normalized spacial score (nSPS) is 13.4. The van der Waals surface area contributed by atoms with Gasteiger partial charge in [-0.25, -0.2) is 4.98 Å². The molecule has 4 N–H and O–H groups in total. The SMILES string of the molecule is Cc1cc(-c2cccc(C(O)(O)F)c2C(O)(O)F)n2nc(C(F)(F)F)nc2n1. The van der Waals surface area contributed by atoms with Crippen molar-refractivity contribution >= 4 is 5.78 Å². The third kappa shape index (κ3) is 3.52. The molecule has 0 fully saturated rings. The standard InChI is InChI=1S/C15H11F5N4O4/c1-6-5-9(24-12(21-6)22-11(23-24)13(16,17)18)7-3-2-4-8(14(19,25)26)10(7)15(20,27)28/h2-5,25-28H,1H3. The van der Waals surface area contributed by atoms with E-state index in [2.05, 4.69) is 15.1 Å². The monoisotopic (exact) mass is 406 g/mol. The third-order valence-corrected chi connectivity index (χ3v) is 3.69. The summed E-state index contributed by atoms with van der Waals surface area (Å²) in [6.45, 7) is 1.35. The Balaban J connectivity index is 2.42. The van der Waals surface area contributed by atoms with Crippen LogP contribution in [0.4, 0.5) is 22.0 Å². The maximum Gasteiger partial charge on any atom is 0.453 e. The van der Waals surface area contributed by atoms with Gasteiger partial charge in [-0.3, -0.25) is 0 Å². The summed E-state index contributed by atoms with van der Waals surface area (Å²) in [6, 6.07) is -4.77. The summed E-state index contributed by atoms with van der Waals surface area (Å²) in [5, 5.41) is 40.4. The molecule has 0 unspecified atom stereocenters. The topological polar surface area (TPSA) is 124 Å². The van der Waals surface area contributed by atoms with Crippen LogP contribution in [-0.4, -0.2) is 40.0 Å². The minimum atomic E-state index is -4.94. The Morgan fingerprint density at radius 1 is 0.929 bits per heavy atom. The highest BCUT2D eigenvalue weighted by Gasteiger charge is 2.41. The van der Waals surface area contributed by atoms with Crippen LogP contribution in [0.3, 0.4) is 0 Å². The van der Waals surface area contributed by atoms with E-state index in [-0.39, 0.29) is 5.69 Å². The van der Waals surface area contributed by atoms with E-state index in [1.807, 2.05) is 0 Å². The van der Waals surface area contributed by atoms with Gasteiger partial charge in [0.05, 0.1) is 16.8 Å². The lowest BCUT2D eigenvalue weighted by Crippen LogP contribution is -2.28. The van der Waals surface area contributed by atoms with Crippen LogP contribution in [0.2, 0.25) is 0 Å². The first-order chi connectivity index (χ1) is 12.7. The molecule has 3 aromatic rings. The summed E-state index contributed by atoms with van der Waals surface area (Å²) in [5.74, 6) is -2.13. The smallest absolute Gasteiger partial charge is 0.336 e. The summed E-state index contributed by atoms with van der Waals surface area (Å²) in [5.41, 5.74) is -3.53. The molecular formula is C15H11F5N4O4. The lowest BCUT2D eigenvalue weighted by molar-refractivity contribution is -0.290. The molecule has 0 amide bonds. The number of halogens is 5. The number of rotatable bonds is 3. The van der Waals surface area contributed by atoms with Gasteiger partial charge in [-0.1, -0.05) is 18.2 Å². The van der Waals surface area contributed by atoms with E-state index in [4.69, 9.17) is 0 Å². The average molecular weight is 406 g/mol. The molecule has 8 nitrogen and oxygen atoms in total. The van der Waals surface area contributed by atoms with Crippen LogP contribution in [0.1, 0.15) is 22.6 Å². The van der Waals surface area contributed by atoms with Crippen molar-refractivity contribution in [2.45, 2.75) is 25.2 Å². The van der Waals surface area contributed by atoms with Crippen molar-refractivity contribution in [3.63, 3.8) is 0 Å². The van der Waals surface area contributed by atoms with E-state index in [0.29, 0.717) is 10.6 Å². The van der Waals surface area contributed by atoms with Gasteiger partial charge >= 0.3 is 18.3 Å². The second kappa shape index (κ2) is 6.13. The number of aryl methyl sites for hydroxylation is 1. The van der Waals surface area contributed by atoms with Gasteiger partial charge in [0.1, 0.15) is 0 Å². The molecule has 2 heterocycles. The van der Waals surface area contributed by atoms with Gasteiger partial charge in [0.2, 0.25) is 0 Å². The van der Waals surface area contributed by atoms with E-state index >= 15 is 0 Å². The zero-order valence-electron chi connectivity index (χ0n) is 13.8. The van der Waals surface area contributed by atoms with Crippen LogP contribution >= 0.6 is 0 Å². The van der Waals surface area contributed by atoms with Crippen LogP contribution < -0.4 is 0 Å². The highest BCUT2D eigenvalue weighted by Crippen LogP contribution is 2.39. The first kappa shape index (κ1) is 20.0. The Labute approximate surface area is 152 Å². The quantitative estimate of drug-likeness (QED) is 0.381. The maximum absolute atomic E-state index is 14.0. The molecule has 0 bridgehead atoms. The zero-order valence-corrected chi connectivity index (χ0v) is 13.8. The van der Waals surface area contributed by atoms with Crippen LogP contribution in [0.5, 0.6) is 0 Å². The van der Waals surface area contributed by atoms with Crippen molar-refractivity contribution in [3.8, 4) is 11.3 Å². The molecular weight excluding hydrogens is 395 g/mol. The molecule has 150 valence electrons. The highest BCUT2D eigenvalue weighted by atomic mass is 19.4. The van der Waals surface area contributed by atoms with E-state index in [1.165, 1.54) is 6.92 Å². The Kier molecular flexibility index (Phi) is 4.38. The van der Waals surface area contributed by atoms with E-state index in [0.717, 1.165) is 18.2 Å². The van der Waals surface area contributed by atoms with Gasteiger partial charge in [0.15, 0.2) is 0 Å². The van der Waals surface area contributed by atoms with Crippen LogP contribution in [0, 0.1) is 6.92 Å². The van der Waals surface area contributed by atoms with Gasteiger partial charge in [-0.05, 0) is 13.0 Å². The number of aliphatic hydroxyl groups is 4. The summed E-state index contributed by atoms with van der Waals surface area (Å²) in [4.78, 5) is 6.97. The zero-order chi connectivity index (χ0) is 21.1. The van der Waals surface area contributed by atoms with Gasteiger partial charge in [0, 0.05) is 11.3 Å². The number of benzene rings is 1. The fourth-order valence-electron chi connectivity index (χ4n) is 2.67. The fourth-order valence-corrected chi connectivity index (χ4v) is 2.67. The minimum absolute atomic E-state index is 0.0832. The van der Waals surface area contributed by atoms with Gasteiger partial charge < -0.3 is 20.4 Å². The largest absolute Gasteiger partial charge is 0.453 e. The number of fused-ring (bicyclic) bond motifs is 1. The second-order valence-electron chi connectivity index (χ2n) is 5.83. The molecule has 0 aliphatic carbocycles. The minimum Gasteiger partial charge on any atom is -0.336 e. The highest BCUT2D eigenvalue weighted by molar-refractivity contribution is 5.68. The molecule has 0 spiro atoms. The first-order valence-electron chi connectivity index (χ1n) is 7.43. The number of hydrogen-bond acceptors (Lipinski definition) is 7. The van der Waals surface area contributed by atoms with E-state index in [1.54, 1.807) is 0 Å². The summed E-state index contributed by atoms with van der Waals surface area (Å²) in [7, 11) is 0. The predicted octanol–water partition coefficient (Wildman–Crippen LogP) is 1.25. The van der Waals surface area contributed by atoms with Crippen molar-refractivity contribution in [3.05, 3.63) is 46.9 Å². The number of aromatic nitrogens is 4. The molecule has 0 saturated heterocycles. The molecule has 28 heavy (non-hydrogen) atoms. The summed E-state index contributed by atoms with van der Waals surface area (Å²) >= 11 is 0. The van der Waals surface area contributed by atoms with Crippen molar-refractivity contribution in [2.75, 3.05) is 0 Å². The van der Waals surface area contributed by atoms with Crippen molar-refractivity contribution < 1.29 is 42.4 Å². The van der Waals surface area contributed by atoms with Crippen LogP contribution in [0.25, 0.3) is 17.0 Å². The Bertz CT molecular complexity index is 1050. The van der Waals surface area contributed by atoms with Crippen molar-refractivity contribution in [2.24, 2.45) is 0 Å². The number of hydrogen-bond donors (Lipinski definition) is 4. The molecule has 0 radical (unpaired) electrons. The van der Waals surface area contributed by atoms with E-state index < -0.39 is 52.2 Å². The van der Waals surface area contributed by atoms with Crippen LogP contribution in [-0.2, 0) is 18.3 Å². The molecule has 0 atom stereocenters. The van der Waals surface area contributed by atoms with Gasteiger partial charge in [0.25, 0.3) is 11.6 Å². The average Bonchev–Trinajstić information content (AvgIpc) is 2.95. The number of nitrogens with zero attached hydrogens (tertiary/aromatic N) is 4. The Morgan fingerprint density at radius 2 is 1.57 bits per heavy atom. The maximum atomic E-state index is 14.0. The molecule has 3 rings (SSSR count). The first-order valence-corrected chi connectivity index (χ1v) is 7.43. The van der Waals surface area contributed by atoms with E-state index in [9.17, 15) is 42.4 Å². The van der Waals surface area contributed by atoms with Crippen molar-refractivity contribution in [1.82, 2.24) is 19.6 Å². The Hall–Kier alpha value is -2.74. The van der Waals surface area contributed by atoms with Gasteiger partial charge in [-0.15, -0.1) is 5.10 Å². The molecule has 0 saturated carbocycles. The predicted molar refractivity (Wildman–Crippen MR) is 80.4 cm³/mol. The lowest BCUT2D eigenvalue weighted by Gasteiger charge is -2.23. The summed E-state index contributed by atoms with van der Waals surface area (Å²) < 4.78 is 67.0. The molecule has 1 aromatic carbocycles. The molecule has 0 aliphatic heterocycles. The third-order valence-electron chi connectivity index (χ3n) is 3.69. The fraction of sp³-hybridized carbons (Fsp3) is 0.267. The molecule has 2 aromatic heterocycles. The van der Waals surface area contributed by atoms with Crippen molar-refractivity contribution in [1.29, 1.82) is 0 Å². The lowest BCUT2D eigenvalue weighted by atomic mass is 9.95. The molecule has 0 aliphatic rings. The molecule has 13 heteroatoms. The summed E-state index contributed by atoms with van der Waals surface area (Å²) in [6.07, 6.45) is -4.94.